The van der Waals surface area contributed by atoms with Crippen molar-refractivity contribution in [2.45, 2.75) is 97.0 Å². The Labute approximate surface area is 397 Å². The zero-order valence-electron chi connectivity index (χ0n) is 39.4. The van der Waals surface area contributed by atoms with Gasteiger partial charge in [0.2, 0.25) is 29.5 Å². The third-order valence-electron chi connectivity index (χ3n) is 9.74. The maximum absolute atomic E-state index is 13.8. The van der Waals surface area contributed by atoms with Gasteiger partial charge < -0.3 is 65.6 Å². The van der Waals surface area contributed by atoms with Gasteiger partial charge in [0.15, 0.2) is 11.6 Å². The molecule has 0 saturated carbocycles. The van der Waals surface area contributed by atoms with Gasteiger partial charge in [0.1, 0.15) is 25.0 Å². The standard InChI is InChI=1S/C42H67FN8O18/c1-26(2)29(41(63)48-31(21-38(58)59)33(52)19-27(3)40(62)45-10-12-66-15-16-68-18-17-67-14-13-65-4)20-34(53)30(5-6-37(56)57)47-42(64)32(22-39(60)61)46-36(55)24-51-23-28(49-50-51)25-69-11-7-35(54)44-9-8-43/h23,26-27,29-32H,5-22,24-25H2,1-4H3,(H,44,54)(H,45,62)(H,46,55)(H,47,64)(H,48,63)(H,56,57)(H,58,59)(H,60,61)/t27-,29?,30+,31+,32?/m1/s1. The van der Waals surface area contributed by atoms with Crippen LogP contribution in [-0.2, 0) is 84.8 Å². The summed E-state index contributed by atoms with van der Waals surface area (Å²) in [6.45, 7) is 5.41. The zero-order chi connectivity index (χ0) is 51.7. The van der Waals surface area contributed by atoms with E-state index in [1.807, 2.05) is 0 Å². The Kier molecular flexibility index (Phi) is 31.1. The molecule has 5 amide bonds. The number of ketones is 2. The summed E-state index contributed by atoms with van der Waals surface area (Å²) in [7, 11) is 1.56. The SMILES string of the molecule is COCCOCCOCCOCCNC(=O)[C@H](C)CC(=O)[C@H](CC(=O)O)NC(=O)C(CC(=O)[C@H](CCC(=O)O)NC(=O)C(CC(=O)O)NC(=O)Cn1cc(COCCC(=O)NCCF)nn1)C(C)C. The zero-order valence-corrected chi connectivity index (χ0v) is 39.4. The van der Waals surface area contributed by atoms with Crippen LogP contribution in [0, 0.1) is 17.8 Å². The van der Waals surface area contributed by atoms with Crippen LogP contribution in [0.5, 0.6) is 0 Å². The number of carboxylic acid groups (broad SMARTS) is 3. The highest BCUT2D eigenvalue weighted by atomic mass is 19.1. The van der Waals surface area contributed by atoms with Crippen LogP contribution in [0.25, 0.3) is 0 Å². The van der Waals surface area contributed by atoms with Crippen LogP contribution in [0.3, 0.4) is 0 Å². The number of ether oxygens (including phenoxy) is 5. The number of halogens is 1. The van der Waals surface area contributed by atoms with Gasteiger partial charge in [-0.1, -0.05) is 26.0 Å². The molecule has 0 saturated heterocycles. The van der Waals surface area contributed by atoms with E-state index in [1.54, 1.807) is 21.0 Å². The fraction of sp³-hybridized carbons (Fsp3) is 0.714. The molecule has 5 atom stereocenters. The van der Waals surface area contributed by atoms with Crippen molar-refractivity contribution in [2.75, 3.05) is 79.7 Å². The third kappa shape index (κ3) is 28.2. The molecule has 390 valence electrons. The number of rotatable bonds is 41. The number of carboxylic acids is 3. The molecule has 0 aliphatic heterocycles. The average molecular weight is 991 g/mol. The van der Waals surface area contributed by atoms with Crippen LogP contribution in [-0.4, -0.2) is 187 Å². The number of hydrogen-bond acceptors (Lipinski definition) is 17. The molecule has 0 aliphatic rings. The molecule has 2 unspecified atom stereocenters. The molecule has 27 heteroatoms. The van der Waals surface area contributed by atoms with Crippen LogP contribution in [0.15, 0.2) is 6.20 Å². The Balaban J connectivity index is 2.92. The van der Waals surface area contributed by atoms with Crippen molar-refractivity contribution in [3.05, 3.63) is 11.9 Å². The molecule has 1 aromatic heterocycles. The molecule has 0 aliphatic carbocycles. The van der Waals surface area contributed by atoms with E-state index in [-0.39, 0.29) is 51.6 Å². The normalized spacial score (nSPS) is 13.3. The highest BCUT2D eigenvalue weighted by molar-refractivity contribution is 5.98. The van der Waals surface area contributed by atoms with E-state index in [2.05, 4.69) is 36.9 Å². The molecule has 69 heavy (non-hydrogen) atoms. The highest BCUT2D eigenvalue weighted by Gasteiger charge is 2.35. The quantitative estimate of drug-likeness (QED) is 0.0335. The second-order valence-corrected chi connectivity index (χ2v) is 15.8. The maximum atomic E-state index is 13.8. The number of carbonyl (C=O) groups is 10. The van der Waals surface area contributed by atoms with E-state index in [9.17, 15) is 67.7 Å². The lowest BCUT2D eigenvalue weighted by Crippen LogP contribution is -2.53. The first-order chi connectivity index (χ1) is 32.8. The van der Waals surface area contributed by atoms with E-state index in [1.165, 1.54) is 13.1 Å². The first kappa shape index (κ1) is 61.0. The van der Waals surface area contributed by atoms with Gasteiger partial charge in [0, 0.05) is 57.7 Å². The maximum Gasteiger partial charge on any atom is 0.305 e. The number of carbonyl (C=O) groups excluding carboxylic acids is 7. The largest absolute Gasteiger partial charge is 0.481 e. The van der Waals surface area contributed by atoms with Crippen molar-refractivity contribution in [1.82, 2.24) is 41.6 Å². The van der Waals surface area contributed by atoms with E-state index < -0.39 is 147 Å². The summed E-state index contributed by atoms with van der Waals surface area (Å²) in [5, 5.41) is 47.9. The topological polar surface area (TPSA) is 368 Å². The monoisotopic (exact) mass is 990 g/mol. The molecular formula is C42H67FN8O18. The molecule has 0 spiro atoms. The van der Waals surface area contributed by atoms with Gasteiger partial charge in [-0.3, -0.25) is 47.9 Å². The second kappa shape index (κ2) is 35.1. The van der Waals surface area contributed by atoms with Crippen LogP contribution >= 0.6 is 0 Å². The molecule has 1 aromatic rings. The summed E-state index contributed by atoms with van der Waals surface area (Å²) in [5.74, 6) is -12.8. The Morgan fingerprint density at radius 2 is 1.22 bits per heavy atom. The molecule has 0 fully saturated rings. The number of aromatic nitrogens is 3. The Morgan fingerprint density at radius 3 is 1.81 bits per heavy atom. The van der Waals surface area contributed by atoms with Crippen molar-refractivity contribution in [1.29, 1.82) is 0 Å². The summed E-state index contributed by atoms with van der Waals surface area (Å²) in [4.78, 5) is 126. The molecule has 1 rings (SSSR count). The highest BCUT2D eigenvalue weighted by Crippen LogP contribution is 2.20. The number of nitrogens with one attached hydrogen (secondary N) is 5. The molecule has 8 N–H and O–H groups in total. The summed E-state index contributed by atoms with van der Waals surface area (Å²) in [6.07, 6.45) is -2.87. The van der Waals surface area contributed by atoms with Gasteiger partial charge in [0.05, 0.1) is 90.6 Å². The Morgan fingerprint density at radius 1 is 0.623 bits per heavy atom. The minimum absolute atomic E-state index is 0.0279. The summed E-state index contributed by atoms with van der Waals surface area (Å²) in [6, 6.07) is -5.02. The molecule has 0 aromatic carbocycles. The predicted octanol–water partition coefficient (Wildman–Crippen LogP) is -1.82. The number of nitrogens with zero attached hydrogens (tertiary/aromatic N) is 3. The van der Waals surface area contributed by atoms with Gasteiger partial charge in [-0.25, -0.2) is 9.07 Å². The van der Waals surface area contributed by atoms with Crippen LogP contribution in [0.2, 0.25) is 0 Å². The summed E-state index contributed by atoms with van der Waals surface area (Å²) < 4.78 is 39.5. The fourth-order valence-corrected chi connectivity index (χ4v) is 6.05. The average Bonchev–Trinajstić information content (AvgIpc) is 3.73. The molecule has 1 heterocycles. The summed E-state index contributed by atoms with van der Waals surface area (Å²) in [5.41, 5.74) is 0.243. The number of methoxy groups -OCH3 is 1. The van der Waals surface area contributed by atoms with Gasteiger partial charge >= 0.3 is 17.9 Å². The van der Waals surface area contributed by atoms with Crippen LogP contribution < -0.4 is 26.6 Å². The number of amides is 5. The first-order valence-electron chi connectivity index (χ1n) is 22.2. The van der Waals surface area contributed by atoms with Crippen molar-refractivity contribution in [3.63, 3.8) is 0 Å². The number of hydrogen-bond donors (Lipinski definition) is 8. The first-order valence-corrected chi connectivity index (χ1v) is 22.2. The lowest BCUT2D eigenvalue weighted by atomic mass is 9.86. The van der Waals surface area contributed by atoms with Crippen molar-refractivity contribution in [2.24, 2.45) is 17.8 Å². The smallest absolute Gasteiger partial charge is 0.305 e. The van der Waals surface area contributed by atoms with Gasteiger partial charge in [-0.15, -0.1) is 5.10 Å². The van der Waals surface area contributed by atoms with Gasteiger partial charge in [-0.05, 0) is 12.3 Å². The van der Waals surface area contributed by atoms with E-state index in [0.29, 0.717) is 33.0 Å². The van der Waals surface area contributed by atoms with Gasteiger partial charge in [0.25, 0.3) is 0 Å². The minimum atomic E-state index is -1.79. The molecule has 0 radical (unpaired) electrons. The lowest BCUT2D eigenvalue weighted by Gasteiger charge is -2.26. The predicted molar refractivity (Wildman–Crippen MR) is 235 cm³/mol. The summed E-state index contributed by atoms with van der Waals surface area (Å²) >= 11 is 0. The van der Waals surface area contributed by atoms with Crippen molar-refractivity contribution < 1.29 is 91.3 Å². The van der Waals surface area contributed by atoms with E-state index >= 15 is 0 Å². The molecule has 26 nitrogen and oxygen atoms in total. The minimum Gasteiger partial charge on any atom is -0.481 e. The lowest BCUT2D eigenvalue weighted by molar-refractivity contribution is -0.142. The number of Topliss-reactive ketones (excluding diaryl/α,β-unsaturated/α-hetero) is 2. The molecular weight excluding hydrogens is 923 g/mol. The Bertz CT molecular complexity index is 1820. The Hall–Kier alpha value is -6.03. The third-order valence-corrected chi connectivity index (χ3v) is 9.74. The molecule has 0 bridgehead atoms. The number of aliphatic carboxylic acids is 3. The number of alkyl halides is 1. The van der Waals surface area contributed by atoms with Crippen LogP contribution in [0.1, 0.15) is 71.4 Å². The van der Waals surface area contributed by atoms with Crippen LogP contribution in [0.4, 0.5) is 4.39 Å². The fourth-order valence-electron chi connectivity index (χ4n) is 6.05. The van der Waals surface area contributed by atoms with Crippen molar-refractivity contribution in [3.8, 4) is 0 Å². The second-order valence-electron chi connectivity index (χ2n) is 15.8. The van der Waals surface area contributed by atoms with Crippen molar-refractivity contribution >= 4 is 59.0 Å². The van der Waals surface area contributed by atoms with Gasteiger partial charge in [-0.2, -0.15) is 0 Å². The van der Waals surface area contributed by atoms with E-state index in [0.717, 1.165) is 4.68 Å². The van der Waals surface area contributed by atoms with E-state index in [4.69, 9.17) is 23.7 Å².